The third kappa shape index (κ3) is 3.35. The van der Waals surface area contributed by atoms with Gasteiger partial charge < -0.3 is 10.1 Å². The van der Waals surface area contributed by atoms with Gasteiger partial charge in [0.25, 0.3) is 0 Å². The van der Waals surface area contributed by atoms with Crippen molar-refractivity contribution in [3.05, 3.63) is 36.5 Å². The first kappa shape index (κ1) is 12.7. The second kappa shape index (κ2) is 7.01. The maximum absolute atomic E-state index is 5.26. The summed E-state index contributed by atoms with van der Waals surface area (Å²) >= 11 is 0. The Labute approximate surface area is 97.5 Å². The van der Waals surface area contributed by atoms with Crippen LogP contribution in [0.3, 0.4) is 0 Å². The van der Waals surface area contributed by atoms with E-state index >= 15 is 0 Å². The second-order valence-electron chi connectivity index (χ2n) is 3.66. The minimum Gasteiger partial charge on any atom is -0.481 e. The van der Waals surface area contributed by atoms with Crippen molar-refractivity contribution in [2.45, 2.75) is 25.3 Å². The highest BCUT2D eigenvalue weighted by Crippen LogP contribution is 2.25. The molecule has 0 aromatic carbocycles. The molecule has 1 aromatic heterocycles. The number of nitrogens with one attached hydrogen (secondary N) is 1. The molecule has 16 heavy (non-hydrogen) atoms. The van der Waals surface area contributed by atoms with Crippen molar-refractivity contribution in [3.8, 4) is 5.88 Å². The fraction of sp³-hybridized carbons (Fsp3) is 0.462. The van der Waals surface area contributed by atoms with Gasteiger partial charge in [-0.1, -0.05) is 12.1 Å². The first-order valence-corrected chi connectivity index (χ1v) is 5.60. The van der Waals surface area contributed by atoms with E-state index in [0.29, 0.717) is 11.9 Å². The zero-order valence-electron chi connectivity index (χ0n) is 10.1. The molecular formula is C13H20N2O. The van der Waals surface area contributed by atoms with Crippen LogP contribution in [0.5, 0.6) is 5.88 Å². The number of ether oxygens (including phenoxy) is 1. The minimum atomic E-state index is 0.295. The van der Waals surface area contributed by atoms with Crippen molar-refractivity contribution in [3.63, 3.8) is 0 Å². The summed E-state index contributed by atoms with van der Waals surface area (Å²) in [4.78, 5) is 4.21. The molecule has 0 aliphatic heterocycles. The Morgan fingerprint density at radius 2 is 2.44 bits per heavy atom. The summed E-state index contributed by atoms with van der Waals surface area (Å²) < 4.78 is 5.26. The van der Waals surface area contributed by atoms with E-state index in [1.54, 1.807) is 13.3 Å². The van der Waals surface area contributed by atoms with E-state index in [0.717, 1.165) is 24.8 Å². The van der Waals surface area contributed by atoms with Gasteiger partial charge >= 0.3 is 0 Å². The second-order valence-corrected chi connectivity index (χ2v) is 3.66. The summed E-state index contributed by atoms with van der Waals surface area (Å²) in [5.41, 5.74) is 1.12. The molecule has 1 N–H and O–H groups in total. The van der Waals surface area contributed by atoms with Crippen LogP contribution in [0.15, 0.2) is 31.0 Å². The zero-order valence-corrected chi connectivity index (χ0v) is 10.1. The SMILES string of the molecule is C=CCCCC(NC)c1cccnc1OC. The third-order valence-corrected chi connectivity index (χ3v) is 2.62. The lowest BCUT2D eigenvalue weighted by molar-refractivity contribution is 0.381. The van der Waals surface area contributed by atoms with Crippen molar-refractivity contribution >= 4 is 0 Å². The van der Waals surface area contributed by atoms with Crippen molar-refractivity contribution in [1.82, 2.24) is 10.3 Å². The summed E-state index contributed by atoms with van der Waals surface area (Å²) in [6, 6.07) is 4.29. The fourth-order valence-electron chi connectivity index (χ4n) is 1.76. The summed E-state index contributed by atoms with van der Waals surface area (Å²) in [6.45, 7) is 3.73. The highest BCUT2D eigenvalue weighted by atomic mass is 16.5. The Morgan fingerprint density at radius 3 is 3.06 bits per heavy atom. The molecule has 0 saturated heterocycles. The van der Waals surface area contributed by atoms with E-state index < -0.39 is 0 Å². The molecule has 0 aliphatic rings. The van der Waals surface area contributed by atoms with Crippen LogP contribution in [0.4, 0.5) is 0 Å². The number of rotatable bonds is 7. The molecule has 0 fully saturated rings. The van der Waals surface area contributed by atoms with Gasteiger partial charge in [0.15, 0.2) is 0 Å². The summed E-state index contributed by atoms with van der Waals surface area (Å²) in [5, 5.41) is 3.30. The predicted octanol–water partition coefficient (Wildman–Crippen LogP) is 2.71. The molecule has 1 rings (SSSR count). The largest absolute Gasteiger partial charge is 0.481 e. The van der Waals surface area contributed by atoms with Crippen molar-refractivity contribution in [2.75, 3.05) is 14.2 Å². The summed E-state index contributed by atoms with van der Waals surface area (Å²) in [5.74, 6) is 0.709. The quantitative estimate of drug-likeness (QED) is 0.566. The van der Waals surface area contributed by atoms with E-state index in [2.05, 4.69) is 22.9 Å². The fourth-order valence-corrected chi connectivity index (χ4v) is 1.76. The van der Waals surface area contributed by atoms with E-state index in [4.69, 9.17) is 4.74 Å². The van der Waals surface area contributed by atoms with E-state index in [9.17, 15) is 0 Å². The van der Waals surface area contributed by atoms with Gasteiger partial charge in [0.05, 0.1) is 7.11 Å². The standard InChI is InChI=1S/C13H20N2O/c1-4-5-6-9-12(14-2)11-8-7-10-15-13(11)16-3/h4,7-8,10,12,14H,1,5-6,9H2,2-3H3. The van der Waals surface area contributed by atoms with E-state index in [-0.39, 0.29) is 0 Å². The van der Waals surface area contributed by atoms with Crippen molar-refractivity contribution in [1.29, 1.82) is 0 Å². The van der Waals surface area contributed by atoms with Crippen LogP contribution < -0.4 is 10.1 Å². The molecular weight excluding hydrogens is 200 g/mol. The normalized spacial score (nSPS) is 12.1. The number of hydrogen-bond donors (Lipinski definition) is 1. The van der Waals surface area contributed by atoms with Gasteiger partial charge in [0, 0.05) is 17.8 Å². The van der Waals surface area contributed by atoms with Crippen LogP contribution in [-0.4, -0.2) is 19.1 Å². The molecule has 1 atom stereocenters. The highest BCUT2D eigenvalue weighted by molar-refractivity contribution is 5.28. The molecule has 0 saturated carbocycles. The maximum Gasteiger partial charge on any atom is 0.217 e. The number of hydrogen-bond acceptors (Lipinski definition) is 3. The van der Waals surface area contributed by atoms with Crippen LogP contribution >= 0.6 is 0 Å². The van der Waals surface area contributed by atoms with Crippen LogP contribution in [0.1, 0.15) is 30.9 Å². The molecule has 0 spiro atoms. The first-order valence-electron chi connectivity index (χ1n) is 5.60. The lowest BCUT2D eigenvalue weighted by Gasteiger charge is -2.18. The molecule has 0 amide bonds. The minimum absolute atomic E-state index is 0.295. The van der Waals surface area contributed by atoms with Crippen molar-refractivity contribution < 1.29 is 4.74 Å². The monoisotopic (exact) mass is 220 g/mol. The molecule has 1 aromatic rings. The maximum atomic E-state index is 5.26. The molecule has 1 unspecified atom stereocenters. The first-order chi connectivity index (χ1) is 7.83. The number of nitrogens with zero attached hydrogens (tertiary/aromatic N) is 1. The Kier molecular flexibility index (Phi) is 5.57. The lowest BCUT2D eigenvalue weighted by Crippen LogP contribution is -2.17. The van der Waals surface area contributed by atoms with Crippen LogP contribution in [0, 0.1) is 0 Å². The van der Waals surface area contributed by atoms with E-state index in [1.807, 2.05) is 19.2 Å². The van der Waals surface area contributed by atoms with Crippen LogP contribution in [0.2, 0.25) is 0 Å². The van der Waals surface area contributed by atoms with Crippen LogP contribution in [0.25, 0.3) is 0 Å². The summed E-state index contributed by atoms with van der Waals surface area (Å²) in [6.07, 6.45) is 6.92. The molecule has 3 heteroatoms. The molecule has 0 aliphatic carbocycles. The zero-order chi connectivity index (χ0) is 11.8. The lowest BCUT2D eigenvalue weighted by atomic mass is 10.0. The smallest absolute Gasteiger partial charge is 0.217 e. The average molecular weight is 220 g/mol. The predicted molar refractivity (Wildman–Crippen MR) is 66.6 cm³/mol. The topological polar surface area (TPSA) is 34.2 Å². The Morgan fingerprint density at radius 1 is 1.62 bits per heavy atom. The number of methoxy groups -OCH3 is 1. The van der Waals surface area contributed by atoms with Gasteiger partial charge in [-0.05, 0) is 32.4 Å². The van der Waals surface area contributed by atoms with Crippen LogP contribution in [-0.2, 0) is 0 Å². The number of aromatic nitrogens is 1. The Balaban J connectivity index is 2.73. The average Bonchev–Trinajstić information content (AvgIpc) is 2.35. The molecule has 3 nitrogen and oxygen atoms in total. The van der Waals surface area contributed by atoms with Gasteiger partial charge in [0.2, 0.25) is 5.88 Å². The number of unbranched alkanes of at least 4 members (excludes halogenated alkanes) is 1. The van der Waals surface area contributed by atoms with Gasteiger partial charge in [0.1, 0.15) is 0 Å². The molecule has 0 radical (unpaired) electrons. The third-order valence-electron chi connectivity index (χ3n) is 2.62. The van der Waals surface area contributed by atoms with Gasteiger partial charge in [-0.3, -0.25) is 0 Å². The Hall–Kier alpha value is -1.35. The van der Waals surface area contributed by atoms with Gasteiger partial charge in [-0.15, -0.1) is 6.58 Å². The molecule has 0 bridgehead atoms. The van der Waals surface area contributed by atoms with Crippen molar-refractivity contribution in [2.24, 2.45) is 0 Å². The van der Waals surface area contributed by atoms with Gasteiger partial charge in [-0.2, -0.15) is 0 Å². The molecule has 88 valence electrons. The summed E-state index contributed by atoms with van der Waals surface area (Å²) in [7, 11) is 3.62. The molecule has 1 heterocycles. The van der Waals surface area contributed by atoms with Gasteiger partial charge in [-0.25, -0.2) is 4.98 Å². The van der Waals surface area contributed by atoms with E-state index in [1.165, 1.54) is 0 Å². The number of pyridine rings is 1. The number of allylic oxidation sites excluding steroid dienone is 1. The highest BCUT2D eigenvalue weighted by Gasteiger charge is 2.13. The Bertz CT molecular complexity index is 325.